The number of aromatic nitrogens is 2. The van der Waals surface area contributed by atoms with Crippen LogP contribution in [0.15, 0.2) is 36.7 Å². The molecule has 0 bridgehead atoms. The van der Waals surface area contributed by atoms with Gasteiger partial charge in [-0.15, -0.1) is 0 Å². The minimum Gasteiger partial charge on any atom is -0.480 e. The van der Waals surface area contributed by atoms with Crippen LogP contribution in [-0.2, 0) is 4.79 Å². The molecule has 1 aromatic heterocycles. The zero-order chi connectivity index (χ0) is 15.5. The first-order valence-corrected chi connectivity index (χ1v) is 7.49. The predicted octanol–water partition coefficient (Wildman–Crippen LogP) is 1.73. The fraction of sp³-hybridized carbons (Fsp3) is 0.333. The minimum absolute atomic E-state index is 0.0967. The summed E-state index contributed by atoms with van der Waals surface area (Å²) >= 11 is 5.93. The molecule has 1 aromatic carbocycles. The number of carboxylic acid groups (broad SMARTS) is 1. The van der Waals surface area contributed by atoms with E-state index in [1.807, 2.05) is 39.9 Å². The van der Waals surface area contributed by atoms with Gasteiger partial charge in [-0.05, 0) is 24.3 Å². The van der Waals surface area contributed by atoms with Crippen molar-refractivity contribution in [3.63, 3.8) is 0 Å². The summed E-state index contributed by atoms with van der Waals surface area (Å²) in [5, 5.41) is 9.55. The number of halogens is 1. The molecule has 0 atom stereocenters. The summed E-state index contributed by atoms with van der Waals surface area (Å²) in [5.74, 6) is 0.0911. The normalized spacial score (nSPS) is 16.0. The molecule has 1 N–H and O–H groups in total. The van der Waals surface area contributed by atoms with Crippen LogP contribution >= 0.6 is 11.6 Å². The van der Waals surface area contributed by atoms with E-state index in [0.717, 1.165) is 37.8 Å². The van der Waals surface area contributed by atoms with Crippen LogP contribution in [0.25, 0.3) is 5.69 Å². The van der Waals surface area contributed by atoms with Crippen molar-refractivity contribution < 1.29 is 9.90 Å². The van der Waals surface area contributed by atoms with E-state index in [-0.39, 0.29) is 6.54 Å². The van der Waals surface area contributed by atoms with Crippen LogP contribution in [0.3, 0.4) is 0 Å². The van der Waals surface area contributed by atoms with Gasteiger partial charge in [0, 0.05) is 49.3 Å². The van der Waals surface area contributed by atoms with Crippen LogP contribution in [-0.4, -0.2) is 58.3 Å². The van der Waals surface area contributed by atoms with E-state index in [2.05, 4.69) is 9.88 Å². The molecule has 0 unspecified atom stereocenters. The van der Waals surface area contributed by atoms with Crippen LogP contribution in [0, 0.1) is 0 Å². The van der Waals surface area contributed by atoms with E-state index in [1.165, 1.54) is 0 Å². The van der Waals surface area contributed by atoms with Gasteiger partial charge in [0.05, 0.1) is 6.54 Å². The Morgan fingerprint density at radius 1 is 1.18 bits per heavy atom. The maximum Gasteiger partial charge on any atom is 0.317 e. The summed E-state index contributed by atoms with van der Waals surface area (Å²) in [4.78, 5) is 19.3. The van der Waals surface area contributed by atoms with Crippen molar-refractivity contribution in [3.8, 4) is 5.69 Å². The zero-order valence-electron chi connectivity index (χ0n) is 12.0. The third-order valence-corrected chi connectivity index (χ3v) is 3.99. The number of carbonyl (C=O) groups is 1. The Kier molecular flexibility index (Phi) is 4.31. The number of benzene rings is 1. The quantitative estimate of drug-likeness (QED) is 0.929. The molecule has 6 nitrogen and oxygen atoms in total. The van der Waals surface area contributed by atoms with E-state index in [9.17, 15) is 4.79 Å². The van der Waals surface area contributed by atoms with Crippen LogP contribution < -0.4 is 4.90 Å². The number of imidazole rings is 1. The second-order valence-electron chi connectivity index (χ2n) is 5.23. The lowest BCUT2D eigenvalue weighted by Gasteiger charge is -2.34. The number of hydrogen-bond acceptors (Lipinski definition) is 4. The Morgan fingerprint density at radius 2 is 1.86 bits per heavy atom. The highest BCUT2D eigenvalue weighted by Crippen LogP contribution is 2.21. The summed E-state index contributed by atoms with van der Waals surface area (Å²) in [7, 11) is 0. The van der Waals surface area contributed by atoms with Gasteiger partial charge in [0.25, 0.3) is 0 Å². The third-order valence-electron chi connectivity index (χ3n) is 3.74. The number of hydrogen-bond donors (Lipinski definition) is 1. The van der Waals surface area contributed by atoms with Gasteiger partial charge in [0.15, 0.2) is 0 Å². The number of carboxylic acids is 1. The Labute approximate surface area is 133 Å². The average Bonchev–Trinajstić information content (AvgIpc) is 2.97. The van der Waals surface area contributed by atoms with Crippen LogP contribution in [0.2, 0.25) is 5.02 Å². The van der Waals surface area contributed by atoms with Gasteiger partial charge in [-0.1, -0.05) is 11.6 Å². The topological polar surface area (TPSA) is 61.6 Å². The Morgan fingerprint density at radius 3 is 2.50 bits per heavy atom. The van der Waals surface area contributed by atoms with E-state index in [4.69, 9.17) is 16.7 Å². The highest BCUT2D eigenvalue weighted by Gasteiger charge is 2.21. The molecule has 0 radical (unpaired) electrons. The van der Waals surface area contributed by atoms with Gasteiger partial charge >= 0.3 is 5.97 Å². The molecule has 0 saturated carbocycles. The van der Waals surface area contributed by atoms with Crippen molar-refractivity contribution in [1.82, 2.24) is 14.5 Å². The maximum absolute atomic E-state index is 10.8. The first-order valence-electron chi connectivity index (χ1n) is 7.12. The van der Waals surface area contributed by atoms with Gasteiger partial charge < -0.3 is 10.0 Å². The Balaban J connectivity index is 1.73. The van der Waals surface area contributed by atoms with Crippen molar-refractivity contribution >= 4 is 23.5 Å². The highest BCUT2D eigenvalue weighted by molar-refractivity contribution is 6.30. The molecule has 22 heavy (non-hydrogen) atoms. The second kappa shape index (κ2) is 6.37. The van der Waals surface area contributed by atoms with Gasteiger partial charge in [-0.25, -0.2) is 4.98 Å². The number of piperazine rings is 1. The highest BCUT2D eigenvalue weighted by atomic mass is 35.5. The molecule has 1 aliphatic heterocycles. The predicted molar refractivity (Wildman–Crippen MR) is 84.9 cm³/mol. The first-order chi connectivity index (χ1) is 10.6. The molecule has 2 heterocycles. The molecule has 1 fully saturated rings. The smallest absolute Gasteiger partial charge is 0.317 e. The van der Waals surface area contributed by atoms with Crippen LogP contribution in [0.1, 0.15) is 0 Å². The van der Waals surface area contributed by atoms with Crippen LogP contribution in [0.5, 0.6) is 0 Å². The Hall–Kier alpha value is -2.05. The van der Waals surface area contributed by atoms with Crippen molar-refractivity contribution in [2.45, 2.75) is 0 Å². The van der Waals surface area contributed by atoms with E-state index < -0.39 is 5.97 Å². The van der Waals surface area contributed by atoms with E-state index in [1.54, 1.807) is 6.20 Å². The van der Waals surface area contributed by atoms with Gasteiger partial charge in [0.2, 0.25) is 5.95 Å². The molecule has 1 aliphatic rings. The summed E-state index contributed by atoms with van der Waals surface area (Å²) in [6, 6.07) is 7.61. The largest absolute Gasteiger partial charge is 0.480 e. The lowest BCUT2D eigenvalue weighted by Crippen LogP contribution is -2.48. The molecule has 1 saturated heterocycles. The van der Waals surface area contributed by atoms with Crippen molar-refractivity contribution in [1.29, 1.82) is 0 Å². The molecule has 2 aromatic rings. The van der Waals surface area contributed by atoms with E-state index in [0.29, 0.717) is 5.02 Å². The summed E-state index contributed by atoms with van der Waals surface area (Å²) < 4.78 is 2.02. The fourth-order valence-electron chi connectivity index (χ4n) is 2.63. The first kappa shape index (κ1) is 14.9. The molecule has 7 heteroatoms. The third kappa shape index (κ3) is 3.23. The molecule has 0 spiro atoms. The lowest BCUT2D eigenvalue weighted by atomic mass is 10.3. The van der Waals surface area contributed by atoms with Crippen molar-refractivity contribution in [3.05, 3.63) is 41.7 Å². The molecular weight excluding hydrogens is 304 g/mol. The average molecular weight is 321 g/mol. The standard InChI is InChI=1S/C15H17ClN4O2/c16-12-1-3-13(4-2-12)20-6-5-17-15(20)19-9-7-18(8-10-19)11-14(21)22/h1-6H,7-11H2,(H,21,22). The minimum atomic E-state index is -0.781. The fourth-order valence-corrected chi connectivity index (χ4v) is 2.76. The zero-order valence-corrected chi connectivity index (χ0v) is 12.8. The molecule has 116 valence electrons. The molecule has 0 aliphatic carbocycles. The van der Waals surface area contributed by atoms with Crippen molar-refractivity contribution in [2.75, 3.05) is 37.6 Å². The second-order valence-corrected chi connectivity index (χ2v) is 5.67. The molecular formula is C15H17ClN4O2. The number of rotatable bonds is 4. The van der Waals surface area contributed by atoms with Crippen molar-refractivity contribution in [2.24, 2.45) is 0 Å². The van der Waals surface area contributed by atoms with Crippen LogP contribution in [0.4, 0.5) is 5.95 Å². The monoisotopic (exact) mass is 320 g/mol. The SMILES string of the molecule is O=C(O)CN1CCN(c2nccn2-c2ccc(Cl)cc2)CC1. The van der Waals surface area contributed by atoms with Gasteiger partial charge in [-0.3, -0.25) is 14.3 Å². The summed E-state index contributed by atoms with van der Waals surface area (Å²) in [6.07, 6.45) is 3.69. The Bertz CT molecular complexity index is 648. The summed E-state index contributed by atoms with van der Waals surface area (Å²) in [6.45, 7) is 3.06. The molecule has 3 rings (SSSR count). The number of aliphatic carboxylic acids is 1. The van der Waals surface area contributed by atoms with E-state index >= 15 is 0 Å². The number of nitrogens with zero attached hydrogens (tertiary/aromatic N) is 4. The van der Waals surface area contributed by atoms with Gasteiger partial charge in [-0.2, -0.15) is 0 Å². The lowest BCUT2D eigenvalue weighted by molar-refractivity contribution is -0.138. The summed E-state index contributed by atoms with van der Waals surface area (Å²) in [5.41, 5.74) is 1.00. The maximum atomic E-state index is 10.8. The molecule has 0 amide bonds. The van der Waals surface area contributed by atoms with Gasteiger partial charge in [0.1, 0.15) is 0 Å². The number of anilines is 1.